The first kappa shape index (κ1) is 10.9. The largest absolute Gasteiger partial charge is 0.472 e. The minimum absolute atomic E-state index is 0.0272. The number of furan rings is 1. The van der Waals surface area contributed by atoms with Gasteiger partial charge in [-0.25, -0.2) is 0 Å². The van der Waals surface area contributed by atoms with Gasteiger partial charge < -0.3 is 15.5 Å². The van der Waals surface area contributed by atoms with Crippen molar-refractivity contribution in [3.8, 4) is 0 Å². The third-order valence-corrected chi connectivity index (χ3v) is 2.43. The van der Waals surface area contributed by atoms with E-state index in [-0.39, 0.29) is 6.04 Å². The molecule has 1 atom stereocenters. The fourth-order valence-corrected chi connectivity index (χ4v) is 1.51. The molecule has 5 nitrogen and oxygen atoms in total. The van der Waals surface area contributed by atoms with Crippen molar-refractivity contribution in [1.29, 1.82) is 0 Å². The molecule has 2 rings (SSSR count). The second-order valence-electron chi connectivity index (χ2n) is 3.82. The average molecular weight is 220 g/mol. The highest BCUT2D eigenvalue weighted by Gasteiger charge is 2.07. The van der Waals surface area contributed by atoms with Crippen molar-refractivity contribution in [2.45, 2.75) is 12.6 Å². The highest BCUT2D eigenvalue weighted by Crippen LogP contribution is 2.07. The fourth-order valence-electron chi connectivity index (χ4n) is 1.51. The lowest BCUT2D eigenvalue weighted by Gasteiger charge is -2.09. The second-order valence-corrected chi connectivity index (χ2v) is 3.82. The highest BCUT2D eigenvalue weighted by molar-refractivity contribution is 5.10. The van der Waals surface area contributed by atoms with Crippen LogP contribution >= 0.6 is 0 Å². The molecule has 0 aliphatic rings. The van der Waals surface area contributed by atoms with Crippen molar-refractivity contribution in [3.05, 3.63) is 42.1 Å². The van der Waals surface area contributed by atoms with Crippen LogP contribution in [-0.4, -0.2) is 16.3 Å². The summed E-state index contributed by atoms with van der Waals surface area (Å²) in [7, 11) is 1.88. The molecule has 0 saturated heterocycles. The van der Waals surface area contributed by atoms with E-state index in [0.29, 0.717) is 0 Å². The Morgan fingerprint density at radius 1 is 1.62 bits per heavy atom. The van der Waals surface area contributed by atoms with Gasteiger partial charge in [-0.15, -0.1) is 0 Å². The summed E-state index contributed by atoms with van der Waals surface area (Å²) in [6.07, 6.45) is 7.12. The molecule has 0 fully saturated rings. The van der Waals surface area contributed by atoms with Crippen molar-refractivity contribution < 1.29 is 4.42 Å². The maximum Gasteiger partial charge on any atom is 0.0947 e. The van der Waals surface area contributed by atoms with Crippen LogP contribution in [0.15, 0.2) is 35.4 Å². The maximum absolute atomic E-state index is 6.01. The van der Waals surface area contributed by atoms with Gasteiger partial charge in [-0.3, -0.25) is 4.68 Å². The molecule has 0 aliphatic carbocycles. The van der Waals surface area contributed by atoms with Crippen molar-refractivity contribution in [1.82, 2.24) is 15.1 Å². The van der Waals surface area contributed by atoms with Gasteiger partial charge in [0.2, 0.25) is 0 Å². The Kier molecular flexibility index (Phi) is 3.38. The Hall–Kier alpha value is -1.59. The van der Waals surface area contributed by atoms with Crippen LogP contribution in [0, 0.1) is 0 Å². The molecule has 3 N–H and O–H groups in total. The number of hydrogen-bond acceptors (Lipinski definition) is 4. The van der Waals surface area contributed by atoms with E-state index in [1.54, 1.807) is 23.4 Å². The number of aryl methyl sites for hydroxylation is 1. The second kappa shape index (κ2) is 4.96. The summed E-state index contributed by atoms with van der Waals surface area (Å²) in [4.78, 5) is 0. The molecule has 1 unspecified atom stereocenters. The van der Waals surface area contributed by atoms with Gasteiger partial charge in [0.05, 0.1) is 18.7 Å². The Morgan fingerprint density at radius 2 is 2.50 bits per heavy atom. The lowest BCUT2D eigenvalue weighted by atomic mass is 10.2. The first-order chi connectivity index (χ1) is 7.75. The van der Waals surface area contributed by atoms with Crippen LogP contribution in [0.5, 0.6) is 0 Å². The molecule has 86 valence electrons. The molecule has 0 bridgehead atoms. The van der Waals surface area contributed by atoms with Crippen LogP contribution in [0.1, 0.15) is 17.2 Å². The molecular weight excluding hydrogens is 204 g/mol. The summed E-state index contributed by atoms with van der Waals surface area (Å²) in [5.41, 5.74) is 8.18. The van der Waals surface area contributed by atoms with Crippen LogP contribution in [0.3, 0.4) is 0 Å². The number of hydrogen-bond donors (Lipinski definition) is 2. The molecule has 2 heterocycles. The Balaban J connectivity index is 1.78. The summed E-state index contributed by atoms with van der Waals surface area (Å²) in [6, 6.07) is 1.91. The third-order valence-electron chi connectivity index (χ3n) is 2.43. The van der Waals surface area contributed by atoms with Gasteiger partial charge in [0, 0.05) is 43.5 Å². The van der Waals surface area contributed by atoms with E-state index < -0.39 is 0 Å². The lowest BCUT2D eigenvalue weighted by molar-refractivity contribution is 0.555. The molecule has 5 heteroatoms. The van der Waals surface area contributed by atoms with Gasteiger partial charge in [0.1, 0.15) is 0 Å². The Bertz CT molecular complexity index is 421. The number of nitrogens with two attached hydrogens (primary N) is 1. The van der Waals surface area contributed by atoms with E-state index in [0.717, 1.165) is 24.2 Å². The van der Waals surface area contributed by atoms with Crippen molar-refractivity contribution in [3.63, 3.8) is 0 Å². The topological polar surface area (TPSA) is 69.0 Å². The number of rotatable bonds is 5. The first-order valence-corrected chi connectivity index (χ1v) is 5.21. The summed E-state index contributed by atoms with van der Waals surface area (Å²) in [5, 5.41) is 7.36. The van der Waals surface area contributed by atoms with Crippen molar-refractivity contribution >= 4 is 0 Å². The van der Waals surface area contributed by atoms with Gasteiger partial charge >= 0.3 is 0 Å². The molecule has 0 saturated carbocycles. The van der Waals surface area contributed by atoms with E-state index in [4.69, 9.17) is 10.2 Å². The summed E-state index contributed by atoms with van der Waals surface area (Å²) in [6.45, 7) is 1.49. The summed E-state index contributed by atoms with van der Waals surface area (Å²) in [5.74, 6) is 0. The predicted octanol–water partition coefficient (Wildman–Crippen LogP) is 0.803. The van der Waals surface area contributed by atoms with Crippen LogP contribution in [0.2, 0.25) is 0 Å². The lowest BCUT2D eigenvalue weighted by Crippen LogP contribution is -2.26. The minimum Gasteiger partial charge on any atom is -0.472 e. The van der Waals surface area contributed by atoms with E-state index in [2.05, 4.69) is 10.4 Å². The molecule has 2 aromatic heterocycles. The van der Waals surface area contributed by atoms with Gasteiger partial charge in [-0.05, 0) is 6.07 Å². The fraction of sp³-hybridized carbons (Fsp3) is 0.364. The third kappa shape index (κ3) is 2.71. The first-order valence-electron chi connectivity index (χ1n) is 5.21. The quantitative estimate of drug-likeness (QED) is 0.782. The van der Waals surface area contributed by atoms with Gasteiger partial charge in [-0.1, -0.05) is 0 Å². The molecule has 0 spiro atoms. The van der Waals surface area contributed by atoms with E-state index in [1.807, 2.05) is 19.3 Å². The highest BCUT2D eigenvalue weighted by atomic mass is 16.3. The molecule has 0 aromatic carbocycles. The number of nitrogens with zero attached hydrogens (tertiary/aromatic N) is 2. The molecule has 2 aromatic rings. The van der Waals surface area contributed by atoms with Gasteiger partial charge in [-0.2, -0.15) is 5.10 Å². The Morgan fingerprint density at radius 3 is 3.12 bits per heavy atom. The molecule has 0 aliphatic heterocycles. The molecule has 0 radical (unpaired) electrons. The normalized spacial score (nSPS) is 12.9. The minimum atomic E-state index is -0.0272. The standard InChI is InChI=1S/C11H16N4O/c1-15-7-10(5-14-15)11(12)6-13-4-9-2-3-16-8-9/h2-3,5,7-8,11,13H,4,6,12H2,1H3. The van der Waals surface area contributed by atoms with Crippen LogP contribution in [0.4, 0.5) is 0 Å². The zero-order valence-corrected chi connectivity index (χ0v) is 9.26. The zero-order chi connectivity index (χ0) is 11.4. The smallest absolute Gasteiger partial charge is 0.0947 e. The van der Waals surface area contributed by atoms with Crippen LogP contribution in [-0.2, 0) is 13.6 Å². The summed E-state index contributed by atoms with van der Waals surface area (Å²) >= 11 is 0. The van der Waals surface area contributed by atoms with E-state index >= 15 is 0 Å². The van der Waals surface area contributed by atoms with Crippen molar-refractivity contribution in [2.75, 3.05) is 6.54 Å². The number of aromatic nitrogens is 2. The molecular formula is C11H16N4O. The van der Waals surface area contributed by atoms with Gasteiger partial charge in [0.15, 0.2) is 0 Å². The van der Waals surface area contributed by atoms with Crippen LogP contribution < -0.4 is 11.1 Å². The molecule has 0 amide bonds. The van der Waals surface area contributed by atoms with E-state index in [1.165, 1.54) is 0 Å². The van der Waals surface area contributed by atoms with Crippen molar-refractivity contribution in [2.24, 2.45) is 12.8 Å². The summed E-state index contributed by atoms with van der Waals surface area (Å²) < 4.78 is 6.73. The zero-order valence-electron chi connectivity index (χ0n) is 9.26. The average Bonchev–Trinajstić information content (AvgIpc) is 2.89. The maximum atomic E-state index is 6.01. The SMILES string of the molecule is Cn1cc(C(N)CNCc2ccoc2)cn1. The predicted molar refractivity (Wildman–Crippen MR) is 60.6 cm³/mol. The monoisotopic (exact) mass is 220 g/mol. The van der Waals surface area contributed by atoms with Crippen LogP contribution in [0.25, 0.3) is 0 Å². The van der Waals surface area contributed by atoms with Gasteiger partial charge in [0.25, 0.3) is 0 Å². The molecule has 16 heavy (non-hydrogen) atoms. The van der Waals surface area contributed by atoms with E-state index in [9.17, 15) is 0 Å². The number of nitrogens with one attached hydrogen (secondary N) is 1. The Labute approximate surface area is 94.2 Å².